The van der Waals surface area contributed by atoms with Gasteiger partial charge in [-0.3, -0.25) is 9.69 Å². The summed E-state index contributed by atoms with van der Waals surface area (Å²) < 4.78 is 6.25. The number of carbonyl (C=O) groups excluding carboxylic acids is 1. The number of rotatable bonds is 5. The first-order valence-corrected chi connectivity index (χ1v) is 10.1. The van der Waals surface area contributed by atoms with Gasteiger partial charge in [-0.2, -0.15) is 0 Å². The summed E-state index contributed by atoms with van der Waals surface area (Å²) in [5.74, 6) is 0.966. The average molecular weight is 374 g/mol. The number of amides is 1. The Morgan fingerprint density at radius 3 is 2.64 bits per heavy atom. The molecule has 0 aromatic carbocycles. The standard InChI is InChI=1S/C19H35N3O2.ClH/c1-3-18(24-17-6-4-5-15(2)13-17)19(23)22-10-7-16(14-22)21-11-8-20-9-12-21;/h15-18,20H,3-14H2,1-2H3;1H. The first kappa shape index (κ1) is 20.9. The minimum atomic E-state index is -0.234. The van der Waals surface area contributed by atoms with E-state index in [9.17, 15) is 4.79 Å². The summed E-state index contributed by atoms with van der Waals surface area (Å²) in [5, 5.41) is 3.41. The molecule has 146 valence electrons. The smallest absolute Gasteiger partial charge is 0.251 e. The molecule has 1 saturated carbocycles. The largest absolute Gasteiger partial charge is 0.365 e. The molecule has 25 heavy (non-hydrogen) atoms. The number of nitrogens with one attached hydrogen (secondary N) is 1. The summed E-state index contributed by atoms with van der Waals surface area (Å²) in [4.78, 5) is 17.5. The van der Waals surface area contributed by atoms with E-state index in [1.54, 1.807) is 0 Å². The van der Waals surface area contributed by atoms with Crippen molar-refractivity contribution in [3.63, 3.8) is 0 Å². The zero-order valence-corrected chi connectivity index (χ0v) is 16.7. The number of carbonyl (C=O) groups is 1. The van der Waals surface area contributed by atoms with Crippen LogP contribution >= 0.6 is 12.4 Å². The molecule has 3 rings (SSSR count). The molecule has 1 N–H and O–H groups in total. The first-order chi connectivity index (χ1) is 11.7. The number of hydrogen-bond acceptors (Lipinski definition) is 4. The molecule has 2 saturated heterocycles. The highest BCUT2D eigenvalue weighted by molar-refractivity contribution is 5.85. The SMILES string of the molecule is CCC(OC1CCCC(C)C1)C(=O)N1CCC(N2CCNCC2)C1.Cl. The molecule has 2 heterocycles. The summed E-state index contributed by atoms with van der Waals surface area (Å²) in [6.45, 7) is 10.5. The van der Waals surface area contributed by atoms with E-state index in [2.05, 4.69) is 29.0 Å². The van der Waals surface area contributed by atoms with E-state index in [1.807, 2.05) is 0 Å². The molecule has 2 aliphatic heterocycles. The summed E-state index contributed by atoms with van der Waals surface area (Å²) >= 11 is 0. The number of piperazine rings is 1. The number of likely N-dealkylation sites (tertiary alicyclic amines) is 1. The second-order valence-corrected chi connectivity index (χ2v) is 7.94. The highest BCUT2D eigenvalue weighted by atomic mass is 35.5. The maximum absolute atomic E-state index is 12.9. The topological polar surface area (TPSA) is 44.8 Å². The van der Waals surface area contributed by atoms with Crippen LogP contribution in [0.15, 0.2) is 0 Å². The molecule has 0 bridgehead atoms. The van der Waals surface area contributed by atoms with Gasteiger partial charge in [-0.1, -0.05) is 26.7 Å². The Kier molecular flexibility index (Phi) is 8.46. The van der Waals surface area contributed by atoms with Crippen molar-refractivity contribution in [2.75, 3.05) is 39.3 Å². The van der Waals surface area contributed by atoms with E-state index in [4.69, 9.17) is 4.74 Å². The Morgan fingerprint density at radius 2 is 1.96 bits per heavy atom. The van der Waals surface area contributed by atoms with Crippen molar-refractivity contribution >= 4 is 18.3 Å². The zero-order valence-electron chi connectivity index (χ0n) is 15.9. The third kappa shape index (κ3) is 5.56. The maximum Gasteiger partial charge on any atom is 0.251 e. The number of nitrogens with zero attached hydrogens (tertiary/aromatic N) is 2. The van der Waals surface area contributed by atoms with Crippen LogP contribution in [0.25, 0.3) is 0 Å². The normalized spacial score (nSPS) is 32.2. The van der Waals surface area contributed by atoms with E-state index in [0.717, 1.165) is 70.9 Å². The Bertz CT molecular complexity index is 417. The second-order valence-electron chi connectivity index (χ2n) is 7.94. The van der Waals surface area contributed by atoms with Crippen LogP contribution in [0.2, 0.25) is 0 Å². The molecule has 0 aromatic heterocycles. The van der Waals surface area contributed by atoms with Crippen molar-refractivity contribution in [3.05, 3.63) is 0 Å². The van der Waals surface area contributed by atoms with Gasteiger partial charge in [0.1, 0.15) is 6.10 Å². The Balaban J connectivity index is 0.00000225. The molecule has 4 unspecified atom stereocenters. The van der Waals surface area contributed by atoms with Gasteiger partial charge in [-0.25, -0.2) is 0 Å². The van der Waals surface area contributed by atoms with Crippen LogP contribution in [0.1, 0.15) is 52.4 Å². The molecule has 1 aliphatic carbocycles. The van der Waals surface area contributed by atoms with Gasteiger partial charge in [-0.05, 0) is 31.6 Å². The van der Waals surface area contributed by atoms with Gasteiger partial charge in [0.05, 0.1) is 6.10 Å². The minimum absolute atomic E-state index is 0. The van der Waals surface area contributed by atoms with E-state index in [1.165, 1.54) is 12.8 Å². The summed E-state index contributed by atoms with van der Waals surface area (Å²) in [7, 11) is 0. The molecular formula is C19H36ClN3O2. The number of hydrogen-bond donors (Lipinski definition) is 1. The molecule has 0 aromatic rings. The fraction of sp³-hybridized carbons (Fsp3) is 0.947. The first-order valence-electron chi connectivity index (χ1n) is 10.1. The summed E-state index contributed by atoms with van der Waals surface area (Å²) in [6.07, 6.45) is 6.75. The zero-order chi connectivity index (χ0) is 16.9. The lowest BCUT2D eigenvalue weighted by Gasteiger charge is -2.33. The maximum atomic E-state index is 12.9. The van der Waals surface area contributed by atoms with Crippen LogP contribution < -0.4 is 5.32 Å². The number of halogens is 1. The Labute approximate surface area is 159 Å². The highest BCUT2D eigenvalue weighted by Crippen LogP contribution is 2.28. The van der Waals surface area contributed by atoms with Crippen LogP contribution in [0, 0.1) is 5.92 Å². The van der Waals surface area contributed by atoms with E-state index >= 15 is 0 Å². The van der Waals surface area contributed by atoms with Gasteiger partial charge in [-0.15, -0.1) is 12.4 Å². The molecule has 5 nitrogen and oxygen atoms in total. The predicted octanol–water partition coefficient (Wildman–Crippen LogP) is 2.29. The van der Waals surface area contributed by atoms with Gasteiger partial charge in [0.25, 0.3) is 5.91 Å². The molecule has 0 spiro atoms. The van der Waals surface area contributed by atoms with Crippen LogP contribution in [0.4, 0.5) is 0 Å². The number of ether oxygens (including phenoxy) is 1. The van der Waals surface area contributed by atoms with Crippen LogP contribution in [0.5, 0.6) is 0 Å². The van der Waals surface area contributed by atoms with Crippen LogP contribution in [-0.2, 0) is 9.53 Å². The Morgan fingerprint density at radius 1 is 1.20 bits per heavy atom. The lowest BCUT2D eigenvalue weighted by Crippen LogP contribution is -2.50. The second kappa shape index (κ2) is 10.1. The average Bonchev–Trinajstić information content (AvgIpc) is 3.10. The van der Waals surface area contributed by atoms with Crippen molar-refractivity contribution in [2.24, 2.45) is 5.92 Å². The summed E-state index contributed by atoms with van der Waals surface area (Å²) in [5.41, 5.74) is 0. The molecule has 3 fully saturated rings. The lowest BCUT2D eigenvalue weighted by atomic mass is 9.88. The summed E-state index contributed by atoms with van der Waals surface area (Å²) in [6, 6.07) is 0.545. The molecule has 1 amide bonds. The van der Waals surface area contributed by atoms with E-state index in [0.29, 0.717) is 6.04 Å². The van der Waals surface area contributed by atoms with Gasteiger partial charge in [0.2, 0.25) is 0 Å². The third-order valence-corrected chi connectivity index (χ3v) is 6.03. The molecular weight excluding hydrogens is 338 g/mol. The van der Waals surface area contributed by atoms with Gasteiger partial charge >= 0.3 is 0 Å². The molecule has 3 aliphatic rings. The van der Waals surface area contributed by atoms with Gasteiger partial charge in [0.15, 0.2) is 0 Å². The van der Waals surface area contributed by atoms with E-state index in [-0.39, 0.29) is 30.5 Å². The Hall–Kier alpha value is -0.360. The van der Waals surface area contributed by atoms with Crippen molar-refractivity contribution in [1.29, 1.82) is 0 Å². The fourth-order valence-corrected chi connectivity index (χ4v) is 4.55. The molecule has 0 radical (unpaired) electrons. The van der Waals surface area contributed by atoms with Crippen molar-refractivity contribution in [1.82, 2.24) is 15.1 Å². The fourth-order valence-electron chi connectivity index (χ4n) is 4.55. The lowest BCUT2D eigenvalue weighted by molar-refractivity contribution is -0.149. The van der Waals surface area contributed by atoms with Crippen LogP contribution in [-0.4, -0.2) is 73.2 Å². The molecule has 4 atom stereocenters. The van der Waals surface area contributed by atoms with Crippen molar-refractivity contribution in [3.8, 4) is 0 Å². The monoisotopic (exact) mass is 373 g/mol. The van der Waals surface area contributed by atoms with Gasteiger partial charge in [0, 0.05) is 45.3 Å². The van der Waals surface area contributed by atoms with E-state index < -0.39 is 0 Å². The molecule has 6 heteroatoms. The predicted molar refractivity (Wildman–Crippen MR) is 103 cm³/mol. The van der Waals surface area contributed by atoms with Gasteiger partial charge < -0.3 is 15.0 Å². The quantitative estimate of drug-likeness (QED) is 0.803. The highest BCUT2D eigenvalue weighted by Gasteiger charge is 2.35. The van der Waals surface area contributed by atoms with Crippen molar-refractivity contribution < 1.29 is 9.53 Å². The van der Waals surface area contributed by atoms with Crippen molar-refractivity contribution in [2.45, 2.75) is 70.6 Å². The third-order valence-electron chi connectivity index (χ3n) is 6.03. The van der Waals surface area contributed by atoms with Crippen LogP contribution in [0.3, 0.4) is 0 Å². The minimum Gasteiger partial charge on any atom is -0.365 e.